The first-order chi connectivity index (χ1) is 19.1. The SMILES string of the molecule is COc1ccc(C=Cc2cc(OC)cc3c2[C@H](c2cc(OC)cc(OC)c2)[C@@H](c2ccc(OC)cc2)O3)cc1. The first-order valence-corrected chi connectivity index (χ1v) is 12.6. The zero-order chi connectivity index (χ0) is 27.4. The Labute approximate surface area is 229 Å². The predicted molar refractivity (Wildman–Crippen MR) is 153 cm³/mol. The molecule has 200 valence electrons. The first-order valence-electron chi connectivity index (χ1n) is 12.6. The molecule has 0 saturated heterocycles. The van der Waals surface area contributed by atoms with Crippen LogP contribution in [0.3, 0.4) is 0 Å². The second-order valence-electron chi connectivity index (χ2n) is 9.17. The highest BCUT2D eigenvalue weighted by molar-refractivity contribution is 5.75. The summed E-state index contributed by atoms with van der Waals surface area (Å²) in [5.41, 5.74) is 5.18. The molecule has 0 aromatic heterocycles. The van der Waals surface area contributed by atoms with E-state index in [0.29, 0.717) is 0 Å². The second kappa shape index (κ2) is 11.4. The van der Waals surface area contributed by atoms with Gasteiger partial charge < -0.3 is 28.4 Å². The van der Waals surface area contributed by atoms with E-state index in [1.54, 1.807) is 35.5 Å². The van der Waals surface area contributed by atoms with Crippen LogP contribution in [-0.2, 0) is 0 Å². The molecule has 4 aromatic rings. The van der Waals surface area contributed by atoms with Gasteiger partial charge in [-0.3, -0.25) is 0 Å². The van der Waals surface area contributed by atoms with Crippen molar-refractivity contribution >= 4 is 12.2 Å². The van der Waals surface area contributed by atoms with Crippen LogP contribution in [0.15, 0.2) is 78.9 Å². The zero-order valence-electron chi connectivity index (χ0n) is 22.8. The summed E-state index contributed by atoms with van der Waals surface area (Å²) in [6.45, 7) is 0. The third-order valence-electron chi connectivity index (χ3n) is 7.00. The molecule has 0 fully saturated rings. The summed E-state index contributed by atoms with van der Waals surface area (Å²) in [6.07, 6.45) is 3.90. The van der Waals surface area contributed by atoms with Gasteiger partial charge in [0.05, 0.1) is 41.5 Å². The Bertz CT molecular complexity index is 1440. The van der Waals surface area contributed by atoms with Crippen LogP contribution < -0.4 is 28.4 Å². The van der Waals surface area contributed by atoms with E-state index in [0.717, 1.165) is 62.3 Å². The molecule has 0 bridgehead atoms. The Morgan fingerprint density at radius 3 is 1.64 bits per heavy atom. The van der Waals surface area contributed by atoms with Crippen molar-refractivity contribution in [2.45, 2.75) is 12.0 Å². The van der Waals surface area contributed by atoms with E-state index in [2.05, 4.69) is 12.2 Å². The molecule has 6 heteroatoms. The predicted octanol–water partition coefficient (Wildman–Crippen LogP) is 7.17. The Morgan fingerprint density at radius 1 is 0.538 bits per heavy atom. The van der Waals surface area contributed by atoms with E-state index in [4.69, 9.17) is 28.4 Å². The second-order valence-corrected chi connectivity index (χ2v) is 9.17. The van der Waals surface area contributed by atoms with E-state index < -0.39 is 0 Å². The third kappa shape index (κ3) is 5.36. The third-order valence-corrected chi connectivity index (χ3v) is 7.00. The van der Waals surface area contributed by atoms with E-state index in [1.807, 2.05) is 78.9 Å². The normalized spacial score (nSPS) is 15.9. The summed E-state index contributed by atoms with van der Waals surface area (Å²) < 4.78 is 34.3. The molecule has 0 saturated carbocycles. The topological polar surface area (TPSA) is 55.4 Å². The highest BCUT2D eigenvalue weighted by Gasteiger charge is 2.39. The van der Waals surface area contributed by atoms with Gasteiger partial charge in [0.25, 0.3) is 0 Å². The van der Waals surface area contributed by atoms with Crippen LogP contribution in [0, 0.1) is 0 Å². The highest BCUT2D eigenvalue weighted by Crippen LogP contribution is 2.53. The Morgan fingerprint density at radius 2 is 1.08 bits per heavy atom. The van der Waals surface area contributed by atoms with Gasteiger partial charge in [-0.25, -0.2) is 0 Å². The largest absolute Gasteiger partial charge is 0.497 e. The summed E-state index contributed by atoms with van der Waals surface area (Å²) in [6, 6.07) is 25.9. The first kappa shape index (κ1) is 26.0. The molecule has 4 aromatic carbocycles. The molecule has 0 aliphatic carbocycles. The van der Waals surface area contributed by atoms with Gasteiger partial charge in [-0.15, -0.1) is 0 Å². The average Bonchev–Trinajstić information content (AvgIpc) is 3.39. The summed E-state index contributed by atoms with van der Waals surface area (Å²) in [4.78, 5) is 0. The molecule has 0 amide bonds. The number of fused-ring (bicyclic) bond motifs is 1. The van der Waals surface area contributed by atoms with Crippen molar-refractivity contribution in [2.24, 2.45) is 0 Å². The maximum absolute atomic E-state index is 6.69. The van der Waals surface area contributed by atoms with Crippen molar-refractivity contribution < 1.29 is 28.4 Å². The summed E-state index contributed by atoms with van der Waals surface area (Å²) in [5.74, 6) is 4.40. The number of hydrogen-bond donors (Lipinski definition) is 0. The lowest BCUT2D eigenvalue weighted by atomic mass is 9.82. The molecular formula is C33H32O6. The molecule has 1 aliphatic rings. The Hall–Kier alpha value is -4.58. The van der Waals surface area contributed by atoms with Crippen molar-refractivity contribution in [3.63, 3.8) is 0 Å². The minimum atomic E-state index is -0.289. The smallest absolute Gasteiger partial charge is 0.135 e. The number of rotatable bonds is 9. The highest BCUT2D eigenvalue weighted by atomic mass is 16.5. The lowest BCUT2D eigenvalue weighted by Gasteiger charge is -2.22. The molecule has 2 atom stereocenters. The van der Waals surface area contributed by atoms with E-state index in [1.165, 1.54) is 0 Å². The van der Waals surface area contributed by atoms with Crippen molar-refractivity contribution in [1.29, 1.82) is 0 Å². The van der Waals surface area contributed by atoms with Gasteiger partial charge in [-0.1, -0.05) is 36.4 Å². The van der Waals surface area contributed by atoms with Crippen LogP contribution in [-0.4, -0.2) is 35.5 Å². The maximum atomic E-state index is 6.69. The summed E-state index contributed by atoms with van der Waals surface area (Å²) in [7, 11) is 8.31. The fourth-order valence-corrected chi connectivity index (χ4v) is 4.97. The van der Waals surface area contributed by atoms with Crippen LogP contribution in [0.25, 0.3) is 12.2 Å². The van der Waals surface area contributed by atoms with Crippen LogP contribution in [0.4, 0.5) is 0 Å². The fourth-order valence-electron chi connectivity index (χ4n) is 4.97. The average molecular weight is 525 g/mol. The van der Waals surface area contributed by atoms with Gasteiger partial charge in [0.2, 0.25) is 0 Å². The summed E-state index contributed by atoms with van der Waals surface area (Å²) >= 11 is 0. The molecule has 1 aliphatic heterocycles. The van der Waals surface area contributed by atoms with Crippen LogP contribution in [0.5, 0.6) is 34.5 Å². The standard InChI is InChI=1S/C33H32O6/c1-34-25-12-7-21(8-13-25)6-9-23-16-29(38-5)20-30-31(23)32(24-17-27(36-3)19-28(18-24)37-4)33(39-30)22-10-14-26(35-2)15-11-22/h6-20,32-33H,1-5H3/t32-,33+/m0/s1. The van der Waals surface area contributed by atoms with Gasteiger partial charge in [0, 0.05) is 17.7 Å². The molecule has 0 N–H and O–H groups in total. The lowest BCUT2D eigenvalue weighted by molar-refractivity contribution is 0.221. The zero-order valence-corrected chi connectivity index (χ0v) is 22.8. The number of ether oxygens (including phenoxy) is 6. The molecule has 1 heterocycles. The quantitative estimate of drug-likeness (QED) is 0.217. The number of hydrogen-bond acceptors (Lipinski definition) is 6. The van der Waals surface area contributed by atoms with E-state index >= 15 is 0 Å². The lowest BCUT2D eigenvalue weighted by Crippen LogP contribution is -2.12. The van der Waals surface area contributed by atoms with Crippen LogP contribution in [0.1, 0.15) is 39.8 Å². The molecule has 6 nitrogen and oxygen atoms in total. The monoisotopic (exact) mass is 524 g/mol. The van der Waals surface area contributed by atoms with Crippen LogP contribution >= 0.6 is 0 Å². The molecular weight excluding hydrogens is 492 g/mol. The van der Waals surface area contributed by atoms with Gasteiger partial charge in [0.15, 0.2) is 0 Å². The Kier molecular flexibility index (Phi) is 7.64. The maximum Gasteiger partial charge on any atom is 0.135 e. The van der Waals surface area contributed by atoms with Gasteiger partial charge in [0.1, 0.15) is 40.6 Å². The van der Waals surface area contributed by atoms with Crippen LogP contribution in [0.2, 0.25) is 0 Å². The molecule has 39 heavy (non-hydrogen) atoms. The molecule has 0 radical (unpaired) electrons. The van der Waals surface area contributed by atoms with E-state index in [9.17, 15) is 0 Å². The van der Waals surface area contributed by atoms with Gasteiger partial charge in [-0.05, 0) is 64.7 Å². The van der Waals surface area contributed by atoms with E-state index in [-0.39, 0.29) is 12.0 Å². The Balaban J connectivity index is 1.67. The number of benzene rings is 4. The van der Waals surface area contributed by atoms with Crippen molar-refractivity contribution in [3.05, 3.63) is 107 Å². The molecule has 5 rings (SSSR count). The minimum absolute atomic E-state index is 0.140. The molecule has 0 unspecified atom stereocenters. The molecule has 0 spiro atoms. The number of methoxy groups -OCH3 is 5. The van der Waals surface area contributed by atoms with Gasteiger partial charge >= 0.3 is 0 Å². The van der Waals surface area contributed by atoms with Crippen molar-refractivity contribution in [3.8, 4) is 34.5 Å². The summed E-state index contributed by atoms with van der Waals surface area (Å²) in [5, 5.41) is 0. The minimum Gasteiger partial charge on any atom is -0.497 e. The van der Waals surface area contributed by atoms with Crippen molar-refractivity contribution in [2.75, 3.05) is 35.5 Å². The van der Waals surface area contributed by atoms with Gasteiger partial charge in [-0.2, -0.15) is 0 Å². The fraction of sp³-hybridized carbons (Fsp3) is 0.212. The van der Waals surface area contributed by atoms with Crippen molar-refractivity contribution in [1.82, 2.24) is 0 Å².